The minimum absolute atomic E-state index is 0.00331. The Kier molecular flexibility index (Phi) is 6.10. The number of nitrogens with one attached hydrogen (secondary N) is 1. The van der Waals surface area contributed by atoms with Crippen molar-refractivity contribution < 1.29 is 14.3 Å². The van der Waals surface area contributed by atoms with E-state index < -0.39 is 0 Å². The molecule has 0 spiro atoms. The van der Waals surface area contributed by atoms with Crippen LogP contribution in [0.2, 0.25) is 0 Å². The van der Waals surface area contributed by atoms with Crippen molar-refractivity contribution in [3.63, 3.8) is 0 Å². The van der Waals surface area contributed by atoms with E-state index in [0.29, 0.717) is 26.2 Å². The second-order valence-corrected chi connectivity index (χ2v) is 8.21. The molecule has 3 fully saturated rings. The molecule has 4 rings (SSSR count). The summed E-state index contributed by atoms with van der Waals surface area (Å²) in [5.41, 5.74) is 1.07. The second kappa shape index (κ2) is 8.90. The zero-order valence-corrected chi connectivity index (χ0v) is 16.4. The minimum Gasteiger partial charge on any atom is -0.373 e. The van der Waals surface area contributed by atoms with Gasteiger partial charge in [0.15, 0.2) is 0 Å². The molecule has 1 N–H and O–H groups in total. The molecule has 1 aliphatic carbocycles. The van der Waals surface area contributed by atoms with E-state index in [1.54, 1.807) is 6.20 Å². The summed E-state index contributed by atoms with van der Waals surface area (Å²) in [7, 11) is 0. The van der Waals surface area contributed by atoms with Crippen LogP contribution in [-0.4, -0.2) is 65.0 Å². The highest BCUT2D eigenvalue weighted by Crippen LogP contribution is 2.32. The Labute approximate surface area is 166 Å². The fourth-order valence-corrected chi connectivity index (χ4v) is 4.07. The molecule has 3 heterocycles. The van der Waals surface area contributed by atoms with Gasteiger partial charge in [0.25, 0.3) is 0 Å². The van der Waals surface area contributed by atoms with Crippen LogP contribution in [0.25, 0.3) is 0 Å². The monoisotopic (exact) mass is 386 g/mol. The molecule has 152 valence electrons. The molecule has 3 amide bonds. The maximum Gasteiger partial charge on any atom is 0.317 e. The summed E-state index contributed by atoms with van der Waals surface area (Å²) in [6.45, 7) is 3.48. The van der Waals surface area contributed by atoms with E-state index in [1.807, 2.05) is 28.1 Å². The Bertz CT molecular complexity index is 671. The fraction of sp³-hybridized carbons (Fsp3) is 0.667. The number of ether oxygens (including phenoxy) is 1. The summed E-state index contributed by atoms with van der Waals surface area (Å²) in [5.74, 6) is 0.533. The van der Waals surface area contributed by atoms with Crippen LogP contribution in [0, 0.1) is 5.92 Å². The average molecular weight is 386 g/mol. The number of rotatable bonds is 5. The highest BCUT2D eigenvalue weighted by molar-refractivity contribution is 5.81. The molecule has 2 saturated heterocycles. The maximum absolute atomic E-state index is 12.6. The predicted molar refractivity (Wildman–Crippen MR) is 104 cm³/mol. The number of hydrogen-bond acceptors (Lipinski definition) is 4. The van der Waals surface area contributed by atoms with Gasteiger partial charge in [0.1, 0.15) is 0 Å². The summed E-state index contributed by atoms with van der Waals surface area (Å²) in [6, 6.07) is 3.99. The van der Waals surface area contributed by atoms with Gasteiger partial charge >= 0.3 is 6.03 Å². The van der Waals surface area contributed by atoms with Crippen molar-refractivity contribution in [3.8, 4) is 0 Å². The quantitative estimate of drug-likeness (QED) is 0.842. The zero-order valence-electron chi connectivity index (χ0n) is 16.4. The number of aromatic nitrogens is 1. The van der Waals surface area contributed by atoms with Crippen molar-refractivity contribution in [3.05, 3.63) is 30.1 Å². The van der Waals surface area contributed by atoms with Gasteiger partial charge in [0, 0.05) is 50.5 Å². The topological polar surface area (TPSA) is 74.8 Å². The van der Waals surface area contributed by atoms with Gasteiger partial charge in [-0.05, 0) is 50.2 Å². The van der Waals surface area contributed by atoms with E-state index in [9.17, 15) is 9.59 Å². The summed E-state index contributed by atoms with van der Waals surface area (Å²) in [5, 5.41) is 3.15. The Hall–Kier alpha value is -2.15. The minimum atomic E-state index is -0.00331. The van der Waals surface area contributed by atoms with E-state index >= 15 is 0 Å². The van der Waals surface area contributed by atoms with Crippen molar-refractivity contribution in [2.24, 2.45) is 5.92 Å². The third-order valence-corrected chi connectivity index (χ3v) is 5.92. The van der Waals surface area contributed by atoms with Crippen molar-refractivity contribution in [1.82, 2.24) is 20.1 Å². The van der Waals surface area contributed by atoms with Crippen LogP contribution >= 0.6 is 0 Å². The summed E-state index contributed by atoms with van der Waals surface area (Å²) in [6.07, 6.45) is 9.45. The molecule has 3 aliphatic rings. The molecular formula is C21H30N4O3. The van der Waals surface area contributed by atoms with Gasteiger partial charge in [-0.15, -0.1) is 0 Å². The van der Waals surface area contributed by atoms with Crippen LogP contribution in [-0.2, 0) is 16.1 Å². The van der Waals surface area contributed by atoms with Gasteiger partial charge in [-0.3, -0.25) is 9.78 Å². The number of pyridine rings is 1. The number of carbonyl (C=O) groups is 2. The van der Waals surface area contributed by atoms with E-state index in [1.165, 1.54) is 0 Å². The van der Waals surface area contributed by atoms with Gasteiger partial charge in [-0.1, -0.05) is 6.07 Å². The molecule has 1 aromatic heterocycles. The zero-order chi connectivity index (χ0) is 19.3. The summed E-state index contributed by atoms with van der Waals surface area (Å²) in [4.78, 5) is 32.8. The molecular weight excluding hydrogens is 356 g/mol. The first-order chi connectivity index (χ1) is 13.7. The van der Waals surface area contributed by atoms with Crippen LogP contribution in [0.4, 0.5) is 4.79 Å². The third kappa shape index (κ3) is 5.01. The van der Waals surface area contributed by atoms with Crippen molar-refractivity contribution >= 4 is 11.9 Å². The van der Waals surface area contributed by atoms with Gasteiger partial charge in [-0.25, -0.2) is 4.79 Å². The number of nitrogens with zero attached hydrogens (tertiary/aromatic N) is 3. The Morgan fingerprint density at radius 2 is 1.93 bits per heavy atom. The molecule has 0 unspecified atom stereocenters. The molecule has 0 aromatic carbocycles. The number of piperidine rings is 2. The standard InChI is InChI=1S/C21H30N4O3/c26-20(17-5-6-17)25-10-2-4-18(14-25)23-21(27)24-11-7-19(8-12-24)28-15-16-3-1-9-22-13-16/h1,3,9,13,17-19H,2,4-8,10-12,14-15H2,(H,23,27)/t18-/m0/s1. The molecule has 0 bridgehead atoms. The SMILES string of the molecule is O=C(N[C@H]1CCCN(C(=O)C2CC2)C1)N1CCC(OCc2cccnc2)CC1. The van der Waals surface area contributed by atoms with Crippen LogP contribution in [0.15, 0.2) is 24.5 Å². The van der Waals surface area contributed by atoms with E-state index in [4.69, 9.17) is 4.74 Å². The molecule has 7 heteroatoms. The summed E-state index contributed by atoms with van der Waals surface area (Å²) >= 11 is 0. The van der Waals surface area contributed by atoms with Gasteiger partial charge in [0.2, 0.25) is 5.91 Å². The smallest absolute Gasteiger partial charge is 0.317 e. The van der Waals surface area contributed by atoms with Crippen molar-refractivity contribution in [2.75, 3.05) is 26.2 Å². The molecule has 1 atom stereocenters. The Morgan fingerprint density at radius 3 is 2.64 bits per heavy atom. The maximum atomic E-state index is 12.6. The molecule has 28 heavy (non-hydrogen) atoms. The number of amides is 3. The third-order valence-electron chi connectivity index (χ3n) is 5.92. The highest BCUT2D eigenvalue weighted by Gasteiger charge is 2.36. The fourth-order valence-electron chi connectivity index (χ4n) is 4.07. The molecule has 1 saturated carbocycles. The lowest BCUT2D eigenvalue weighted by atomic mass is 10.0. The van der Waals surface area contributed by atoms with Gasteiger partial charge in [0.05, 0.1) is 12.7 Å². The molecule has 0 radical (unpaired) electrons. The van der Waals surface area contributed by atoms with E-state index in [2.05, 4.69) is 10.3 Å². The molecule has 2 aliphatic heterocycles. The molecule has 1 aromatic rings. The predicted octanol–water partition coefficient (Wildman–Crippen LogP) is 2.17. The van der Waals surface area contributed by atoms with E-state index in [0.717, 1.165) is 50.6 Å². The first-order valence-electron chi connectivity index (χ1n) is 10.5. The second-order valence-electron chi connectivity index (χ2n) is 8.21. The molecule has 7 nitrogen and oxygen atoms in total. The van der Waals surface area contributed by atoms with Crippen LogP contribution in [0.5, 0.6) is 0 Å². The lowest BCUT2D eigenvalue weighted by Crippen LogP contribution is -2.54. The van der Waals surface area contributed by atoms with Gasteiger partial charge < -0.3 is 19.9 Å². The number of likely N-dealkylation sites (tertiary alicyclic amines) is 2. The normalized spacial score (nSPS) is 23.5. The highest BCUT2D eigenvalue weighted by atomic mass is 16.5. The Balaban J connectivity index is 1.18. The number of carbonyl (C=O) groups excluding carboxylic acids is 2. The van der Waals surface area contributed by atoms with Crippen LogP contribution < -0.4 is 5.32 Å². The van der Waals surface area contributed by atoms with Crippen molar-refractivity contribution in [2.45, 2.75) is 57.3 Å². The number of hydrogen-bond donors (Lipinski definition) is 1. The largest absolute Gasteiger partial charge is 0.373 e. The van der Waals surface area contributed by atoms with E-state index in [-0.39, 0.29) is 30.0 Å². The Morgan fingerprint density at radius 1 is 1.11 bits per heavy atom. The summed E-state index contributed by atoms with van der Waals surface area (Å²) < 4.78 is 5.97. The first-order valence-corrected chi connectivity index (χ1v) is 10.5. The first kappa shape index (κ1) is 19.2. The lowest BCUT2D eigenvalue weighted by Gasteiger charge is -2.36. The average Bonchev–Trinajstić information content (AvgIpc) is 3.58. The van der Waals surface area contributed by atoms with Crippen LogP contribution in [0.1, 0.15) is 44.1 Å². The lowest BCUT2D eigenvalue weighted by molar-refractivity contribution is -0.133. The van der Waals surface area contributed by atoms with Gasteiger partial charge in [-0.2, -0.15) is 0 Å². The number of urea groups is 1. The van der Waals surface area contributed by atoms with Crippen LogP contribution in [0.3, 0.4) is 0 Å². The van der Waals surface area contributed by atoms with Crippen molar-refractivity contribution in [1.29, 1.82) is 0 Å².